The second kappa shape index (κ2) is 8.04. The second-order valence-corrected chi connectivity index (χ2v) is 6.64. The number of nitrogens with zero attached hydrogens (tertiary/aromatic N) is 4. The van der Waals surface area contributed by atoms with Crippen LogP contribution < -0.4 is 10.6 Å². The van der Waals surface area contributed by atoms with Crippen LogP contribution in [-0.4, -0.2) is 75.3 Å². The highest BCUT2D eigenvalue weighted by Crippen LogP contribution is 2.09. The SMILES string of the molecule is CC(C)(C)OC(=O)N[C@@H](CCc1nn[nH]n1)C(=O)N1CCNCC1. The lowest BCUT2D eigenvalue weighted by Gasteiger charge is -2.31. The highest BCUT2D eigenvalue weighted by Gasteiger charge is 2.29. The van der Waals surface area contributed by atoms with Crippen molar-refractivity contribution >= 4 is 12.0 Å². The fourth-order valence-corrected chi connectivity index (χ4v) is 2.37. The molecule has 1 saturated heterocycles. The minimum Gasteiger partial charge on any atom is -0.444 e. The minimum absolute atomic E-state index is 0.120. The summed E-state index contributed by atoms with van der Waals surface area (Å²) < 4.78 is 5.26. The van der Waals surface area contributed by atoms with E-state index in [1.54, 1.807) is 25.7 Å². The van der Waals surface area contributed by atoms with Crippen LogP contribution in [0.25, 0.3) is 0 Å². The Labute approximate surface area is 140 Å². The van der Waals surface area contributed by atoms with Crippen molar-refractivity contribution in [2.75, 3.05) is 26.2 Å². The van der Waals surface area contributed by atoms with E-state index in [2.05, 4.69) is 31.3 Å². The normalized spacial score (nSPS) is 16.5. The first kappa shape index (κ1) is 18.1. The van der Waals surface area contributed by atoms with Gasteiger partial charge in [-0.3, -0.25) is 4.79 Å². The Hall–Kier alpha value is -2.23. The number of carbonyl (C=O) groups is 2. The predicted molar refractivity (Wildman–Crippen MR) is 85.1 cm³/mol. The van der Waals surface area contributed by atoms with Crippen LogP contribution in [-0.2, 0) is 16.0 Å². The highest BCUT2D eigenvalue weighted by atomic mass is 16.6. The van der Waals surface area contributed by atoms with Crippen molar-refractivity contribution in [1.82, 2.24) is 36.2 Å². The van der Waals surface area contributed by atoms with Crippen LogP contribution in [0.15, 0.2) is 0 Å². The van der Waals surface area contributed by atoms with Gasteiger partial charge >= 0.3 is 6.09 Å². The van der Waals surface area contributed by atoms with Crippen molar-refractivity contribution in [3.8, 4) is 0 Å². The third-order valence-electron chi connectivity index (χ3n) is 3.46. The van der Waals surface area contributed by atoms with E-state index in [4.69, 9.17) is 4.74 Å². The quantitative estimate of drug-likeness (QED) is 0.657. The maximum Gasteiger partial charge on any atom is 0.408 e. The Kier molecular flexibility index (Phi) is 6.07. The lowest BCUT2D eigenvalue weighted by atomic mass is 10.1. The number of ether oxygens (including phenoxy) is 1. The number of nitrogens with one attached hydrogen (secondary N) is 3. The van der Waals surface area contributed by atoms with Gasteiger partial charge in [0, 0.05) is 32.6 Å². The Morgan fingerprint density at radius 1 is 1.33 bits per heavy atom. The van der Waals surface area contributed by atoms with Crippen LogP contribution in [0.2, 0.25) is 0 Å². The largest absolute Gasteiger partial charge is 0.444 e. The van der Waals surface area contributed by atoms with Crippen molar-refractivity contribution in [3.05, 3.63) is 5.82 Å². The van der Waals surface area contributed by atoms with E-state index in [0.29, 0.717) is 31.8 Å². The van der Waals surface area contributed by atoms with Gasteiger partial charge in [0.2, 0.25) is 5.91 Å². The molecule has 134 valence electrons. The fraction of sp³-hybridized carbons (Fsp3) is 0.786. The summed E-state index contributed by atoms with van der Waals surface area (Å²) in [6.45, 7) is 8.06. The molecule has 0 spiro atoms. The van der Waals surface area contributed by atoms with Gasteiger partial charge in [0.1, 0.15) is 11.6 Å². The van der Waals surface area contributed by atoms with E-state index in [0.717, 1.165) is 13.1 Å². The zero-order valence-electron chi connectivity index (χ0n) is 14.3. The third-order valence-corrected chi connectivity index (χ3v) is 3.46. The molecule has 0 unspecified atom stereocenters. The van der Waals surface area contributed by atoms with Gasteiger partial charge in [-0.15, -0.1) is 10.2 Å². The number of H-pyrrole nitrogens is 1. The van der Waals surface area contributed by atoms with Crippen LogP contribution in [0.3, 0.4) is 0 Å². The molecule has 0 aromatic carbocycles. The predicted octanol–water partition coefficient (Wildman–Crippen LogP) is -0.543. The lowest BCUT2D eigenvalue weighted by Crippen LogP contribution is -2.54. The summed E-state index contributed by atoms with van der Waals surface area (Å²) >= 11 is 0. The summed E-state index contributed by atoms with van der Waals surface area (Å²) in [5, 5.41) is 19.5. The van der Waals surface area contributed by atoms with Crippen molar-refractivity contribution in [2.24, 2.45) is 0 Å². The van der Waals surface area contributed by atoms with Crippen molar-refractivity contribution < 1.29 is 14.3 Å². The summed E-state index contributed by atoms with van der Waals surface area (Å²) in [6.07, 6.45) is 0.195. The molecule has 1 atom stereocenters. The first-order chi connectivity index (χ1) is 11.3. The molecule has 0 bridgehead atoms. The number of carbonyl (C=O) groups excluding carboxylic acids is 2. The molecule has 1 aromatic heterocycles. The molecular weight excluding hydrogens is 314 g/mol. The molecule has 2 heterocycles. The number of tetrazole rings is 1. The molecule has 24 heavy (non-hydrogen) atoms. The van der Waals surface area contributed by atoms with Crippen molar-refractivity contribution in [1.29, 1.82) is 0 Å². The molecule has 1 fully saturated rings. The van der Waals surface area contributed by atoms with E-state index in [-0.39, 0.29) is 5.91 Å². The Bertz CT molecular complexity index is 535. The minimum atomic E-state index is -0.684. The number of aromatic nitrogens is 4. The topological polar surface area (TPSA) is 125 Å². The summed E-state index contributed by atoms with van der Waals surface area (Å²) in [5.74, 6) is 0.380. The van der Waals surface area contributed by atoms with Crippen LogP contribution >= 0.6 is 0 Å². The number of aryl methyl sites for hydroxylation is 1. The number of rotatable bonds is 5. The molecule has 0 aliphatic carbocycles. The van der Waals surface area contributed by atoms with Gasteiger partial charge in [-0.2, -0.15) is 5.21 Å². The lowest BCUT2D eigenvalue weighted by molar-refractivity contribution is -0.134. The number of amides is 2. The van der Waals surface area contributed by atoms with Crippen LogP contribution in [0.4, 0.5) is 4.79 Å². The van der Waals surface area contributed by atoms with Gasteiger partial charge in [-0.05, 0) is 27.2 Å². The monoisotopic (exact) mass is 339 g/mol. The van der Waals surface area contributed by atoms with Crippen molar-refractivity contribution in [2.45, 2.75) is 45.3 Å². The van der Waals surface area contributed by atoms with E-state index in [1.165, 1.54) is 0 Å². The van der Waals surface area contributed by atoms with Gasteiger partial charge in [-0.25, -0.2) is 4.79 Å². The van der Waals surface area contributed by atoms with Gasteiger partial charge in [0.15, 0.2) is 5.82 Å². The van der Waals surface area contributed by atoms with Gasteiger partial charge in [0.25, 0.3) is 0 Å². The first-order valence-corrected chi connectivity index (χ1v) is 8.06. The van der Waals surface area contributed by atoms with Crippen molar-refractivity contribution in [3.63, 3.8) is 0 Å². The standard InChI is InChI=1S/C14H25N7O3/c1-14(2,3)24-13(23)16-10(4-5-11-17-19-20-18-11)12(22)21-8-6-15-7-9-21/h10,15H,4-9H2,1-3H3,(H,16,23)(H,17,18,19,20)/t10-/m0/s1. The third kappa shape index (κ3) is 5.76. The summed E-state index contributed by atoms with van der Waals surface area (Å²) in [6, 6.07) is -0.684. The molecule has 3 N–H and O–H groups in total. The van der Waals surface area contributed by atoms with Gasteiger partial charge < -0.3 is 20.3 Å². The molecule has 2 rings (SSSR count). The summed E-state index contributed by atoms with van der Waals surface area (Å²) in [7, 11) is 0. The maximum absolute atomic E-state index is 12.7. The summed E-state index contributed by atoms with van der Waals surface area (Å²) in [4.78, 5) is 26.5. The Morgan fingerprint density at radius 2 is 2.04 bits per heavy atom. The van der Waals surface area contributed by atoms with E-state index < -0.39 is 17.7 Å². The molecule has 10 heteroatoms. The van der Waals surface area contributed by atoms with Gasteiger partial charge in [-0.1, -0.05) is 5.21 Å². The Balaban J connectivity index is 1.99. The first-order valence-electron chi connectivity index (χ1n) is 8.06. The number of hydrogen-bond acceptors (Lipinski definition) is 7. The molecular formula is C14H25N7O3. The van der Waals surface area contributed by atoms with Crippen LogP contribution in [0.1, 0.15) is 33.0 Å². The Morgan fingerprint density at radius 3 is 2.62 bits per heavy atom. The molecule has 1 aliphatic heterocycles. The number of alkyl carbamates (subject to hydrolysis) is 1. The number of piperazine rings is 1. The summed E-state index contributed by atoms with van der Waals surface area (Å²) in [5.41, 5.74) is -0.625. The molecule has 2 amide bonds. The highest BCUT2D eigenvalue weighted by molar-refractivity contribution is 5.85. The molecule has 0 saturated carbocycles. The molecule has 0 radical (unpaired) electrons. The molecule has 10 nitrogen and oxygen atoms in total. The molecule has 1 aliphatic rings. The zero-order valence-corrected chi connectivity index (χ0v) is 14.3. The van der Waals surface area contributed by atoms with Crippen LogP contribution in [0, 0.1) is 0 Å². The number of aromatic amines is 1. The van der Waals surface area contributed by atoms with Crippen LogP contribution in [0.5, 0.6) is 0 Å². The maximum atomic E-state index is 12.7. The average molecular weight is 339 g/mol. The zero-order chi connectivity index (χ0) is 17.6. The smallest absolute Gasteiger partial charge is 0.408 e. The van der Waals surface area contributed by atoms with E-state index in [1.807, 2.05) is 0 Å². The molecule has 1 aromatic rings. The average Bonchev–Trinajstić information content (AvgIpc) is 3.03. The van der Waals surface area contributed by atoms with Gasteiger partial charge in [0.05, 0.1) is 0 Å². The van der Waals surface area contributed by atoms with E-state index >= 15 is 0 Å². The number of hydrogen-bond donors (Lipinski definition) is 3. The second-order valence-electron chi connectivity index (χ2n) is 6.64. The fourth-order valence-electron chi connectivity index (χ4n) is 2.37. The van der Waals surface area contributed by atoms with E-state index in [9.17, 15) is 9.59 Å².